The largest absolute Gasteiger partial charge is 0.416 e. The van der Waals surface area contributed by atoms with Crippen LogP contribution in [0.1, 0.15) is 23.6 Å². The van der Waals surface area contributed by atoms with Gasteiger partial charge in [0.25, 0.3) is 5.91 Å². The molecule has 4 aliphatic heterocycles. The Morgan fingerprint density at radius 2 is 1.94 bits per heavy atom. The molecule has 35 heavy (non-hydrogen) atoms. The van der Waals surface area contributed by atoms with Gasteiger partial charge < -0.3 is 20.3 Å². The van der Waals surface area contributed by atoms with Crippen LogP contribution in [0.2, 0.25) is 0 Å². The van der Waals surface area contributed by atoms with E-state index in [2.05, 4.69) is 25.9 Å². The van der Waals surface area contributed by atoms with Crippen LogP contribution in [0.5, 0.6) is 0 Å². The molecular weight excluding hydrogens is 461 g/mol. The Morgan fingerprint density at radius 1 is 1.14 bits per heavy atom. The van der Waals surface area contributed by atoms with Gasteiger partial charge in [-0.15, -0.1) is 0 Å². The van der Waals surface area contributed by atoms with Gasteiger partial charge in [-0.2, -0.15) is 13.2 Å². The Morgan fingerprint density at radius 3 is 2.69 bits per heavy atom. The molecule has 4 aliphatic rings. The molecule has 2 fully saturated rings. The predicted octanol–water partition coefficient (Wildman–Crippen LogP) is 2.91. The molecule has 2 saturated heterocycles. The fourth-order valence-electron chi connectivity index (χ4n) is 4.83. The van der Waals surface area contributed by atoms with Crippen LogP contribution in [-0.2, 0) is 15.7 Å². The van der Waals surface area contributed by atoms with E-state index in [0.717, 1.165) is 38.0 Å². The molecule has 0 aliphatic carbocycles. The van der Waals surface area contributed by atoms with E-state index in [1.807, 2.05) is 12.1 Å². The number of anilines is 2. The summed E-state index contributed by atoms with van der Waals surface area (Å²) < 4.78 is 46.3. The second-order valence-corrected chi connectivity index (χ2v) is 9.06. The number of ether oxygens (including phenoxy) is 1. The minimum absolute atomic E-state index is 0.0367. The third-order valence-corrected chi connectivity index (χ3v) is 6.75. The average Bonchev–Trinajstić information content (AvgIpc) is 3.20. The van der Waals surface area contributed by atoms with Crippen molar-refractivity contribution in [1.29, 1.82) is 0 Å². The maximum atomic E-state index is 13.5. The van der Waals surface area contributed by atoms with Crippen molar-refractivity contribution >= 4 is 17.5 Å². The normalized spacial score (nSPS) is 24.3. The molecule has 6 rings (SSSR count). The van der Waals surface area contributed by atoms with Gasteiger partial charge in [0.05, 0.1) is 31.3 Å². The number of rotatable bonds is 4. The molecule has 1 spiro atoms. The van der Waals surface area contributed by atoms with Crippen molar-refractivity contribution in [3.05, 3.63) is 77.6 Å². The number of carbonyl (C=O) groups is 1. The zero-order valence-corrected chi connectivity index (χ0v) is 18.5. The Balaban J connectivity index is 1.16. The third kappa shape index (κ3) is 3.90. The molecule has 2 atom stereocenters. The van der Waals surface area contributed by atoms with Gasteiger partial charge in [-0.25, -0.2) is 10.4 Å². The molecule has 0 radical (unpaired) electrons. The standard InChI is InChI=1S/C24H23F3N6O2/c25-24(26,27)16-5-2-1-4-15(16)17-8-9-20-28-12-18(33(20)31-17)22(34)30-19-6-3-7-21(29-19)32-13-23(14-32)10-11-35-23/h1-9,12,17,20,28,31H,10-11,13-14H2,(H,29,30,34). The second kappa shape index (κ2) is 7.99. The number of hydrogen-bond acceptors (Lipinski definition) is 7. The van der Waals surface area contributed by atoms with E-state index in [-0.39, 0.29) is 16.9 Å². The van der Waals surface area contributed by atoms with Crippen molar-refractivity contribution in [1.82, 2.24) is 20.7 Å². The number of benzene rings is 1. The smallest absolute Gasteiger partial charge is 0.371 e. The number of hydrogen-bond donors (Lipinski definition) is 3. The molecule has 5 heterocycles. The molecule has 8 nitrogen and oxygen atoms in total. The Labute approximate surface area is 199 Å². The first kappa shape index (κ1) is 21.9. The lowest BCUT2D eigenvalue weighted by Crippen LogP contribution is -2.68. The molecule has 3 N–H and O–H groups in total. The van der Waals surface area contributed by atoms with E-state index in [4.69, 9.17) is 4.74 Å². The summed E-state index contributed by atoms with van der Waals surface area (Å²) >= 11 is 0. The van der Waals surface area contributed by atoms with Gasteiger partial charge in [0.15, 0.2) is 0 Å². The molecule has 0 bridgehead atoms. The molecule has 11 heteroatoms. The fourth-order valence-corrected chi connectivity index (χ4v) is 4.83. The van der Waals surface area contributed by atoms with Crippen molar-refractivity contribution in [3.63, 3.8) is 0 Å². The lowest BCUT2D eigenvalue weighted by atomic mass is 9.86. The molecule has 2 unspecified atom stereocenters. The lowest BCUT2D eigenvalue weighted by Gasteiger charge is -2.55. The quantitative estimate of drug-likeness (QED) is 0.576. The SMILES string of the molecule is O=C(Nc1cccc(N2CC3(CCO3)C2)n1)C1=CNC2C=CC(c3ccccc3C(F)(F)F)NN12. The van der Waals surface area contributed by atoms with Crippen molar-refractivity contribution in [2.24, 2.45) is 0 Å². The molecule has 182 valence electrons. The molecule has 1 amide bonds. The highest BCUT2D eigenvalue weighted by Gasteiger charge is 2.49. The number of nitrogens with zero attached hydrogens (tertiary/aromatic N) is 3. The van der Waals surface area contributed by atoms with Crippen molar-refractivity contribution in [2.75, 3.05) is 29.9 Å². The predicted molar refractivity (Wildman–Crippen MR) is 122 cm³/mol. The van der Waals surface area contributed by atoms with Gasteiger partial charge in [-0.1, -0.05) is 30.3 Å². The molecule has 1 aromatic heterocycles. The number of halogens is 3. The first-order valence-electron chi connectivity index (χ1n) is 11.3. The number of pyridine rings is 1. The maximum Gasteiger partial charge on any atom is 0.416 e. The van der Waals surface area contributed by atoms with Crippen molar-refractivity contribution in [3.8, 4) is 0 Å². The monoisotopic (exact) mass is 484 g/mol. The summed E-state index contributed by atoms with van der Waals surface area (Å²) in [5.74, 6) is 0.708. The first-order valence-corrected chi connectivity index (χ1v) is 11.3. The molecular formula is C24H23F3N6O2. The lowest BCUT2D eigenvalue weighted by molar-refractivity contribution is -0.161. The zero-order valence-electron chi connectivity index (χ0n) is 18.5. The van der Waals surface area contributed by atoms with E-state index in [1.54, 1.807) is 24.3 Å². The van der Waals surface area contributed by atoms with Gasteiger partial charge >= 0.3 is 6.18 Å². The second-order valence-electron chi connectivity index (χ2n) is 9.06. The third-order valence-electron chi connectivity index (χ3n) is 6.75. The summed E-state index contributed by atoms with van der Waals surface area (Å²) in [6, 6.07) is 10.1. The highest BCUT2D eigenvalue weighted by molar-refractivity contribution is 6.03. The summed E-state index contributed by atoms with van der Waals surface area (Å²) in [4.78, 5) is 19.7. The maximum absolute atomic E-state index is 13.5. The van der Waals surface area contributed by atoms with Crippen LogP contribution in [0.15, 0.2) is 66.5 Å². The average molecular weight is 484 g/mol. The van der Waals surface area contributed by atoms with Gasteiger partial charge in [0.1, 0.15) is 29.1 Å². The highest BCUT2D eigenvalue weighted by Crippen LogP contribution is 2.38. The van der Waals surface area contributed by atoms with E-state index in [0.29, 0.717) is 5.82 Å². The number of fused-ring (bicyclic) bond motifs is 1. The van der Waals surface area contributed by atoms with E-state index in [9.17, 15) is 18.0 Å². The molecule has 0 saturated carbocycles. The van der Waals surface area contributed by atoms with E-state index < -0.39 is 29.9 Å². The van der Waals surface area contributed by atoms with Crippen LogP contribution in [0.3, 0.4) is 0 Å². The van der Waals surface area contributed by atoms with Crippen LogP contribution >= 0.6 is 0 Å². The number of hydrazine groups is 1. The summed E-state index contributed by atoms with van der Waals surface area (Å²) in [7, 11) is 0. The van der Waals surface area contributed by atoms with Crippen LogP contribution < -0.4 is 21.0 Å². The minimum atomic E-state index is -4.49. The number of aromatic nitrogens is 1. The Kier molecular flexibility index (Phi) is 5.01. The number of alkyl halides is 3. The van der Waals surface area contributed by atoms with E-state index >= 15 is 0 Å². The van der Waals surface area contributed by atoms with Crippen molar-refractivity contribution < 1.29 is 22.7 Å². The van der Waals surface area contributed by atoms with Crippen LogP contribution in [-0.4, -0.2) is 47.4 Å². The summed E-state index contributed by atoms with van der Waals surface area (Å²) in [5.41, 5.74) is 2.61. The first-order chi connectivity index (χ1) is 16.8. The van der Waals surface area contributed by atoms with Crippen molar-refractivity contribution in [2.45, 2.75) is 30.4 Å². The summed E-state index contributed by atoms with van der Waals surface area (Å²) in [6.45, 7) is 2.35. The Hall–Kier alpha value is -3.57. The van der Waals surface area contributed by atoms with Crippen LogP contribution in [0.4, 0.5) is 24.8 Å². The number of amides is 1. The number of nitrogens with one attached hydrogen (secondary N) is 3. The van der Waals surface area contributed by atoms with Crippen LogP contribution in [0.25, 0.3) is 0 Å². The molecule has 2 aromatic rings. The van der Waals surface area contributed by atoms with Gasteiger partial charge in [0, 0.05) is 12.6 Å². The van der Waals surface area contributed by atoms with Gasteiger partial charge in [-0.3, -0.25) is 9.80 Å². The topological polar surface area (TPSA) is 81.8 Å². The molecule has 1 aromatic carbocycles. The summed E-state index contributed by atoms with van der Waals surface area (Å²) in [6.07, 6.45) is 1.08. The minimum Gasteiger partial charge on any atom is -0.371 e. The summed E-state index contributed by atoms with van der Waals surface area (Å²) in [5, 5.41) is 7.38. The van der Waals surface area contributed by atoms with Gasteiger partial charge in [0.2, 0.25) is 0 Å². The Bertz CT molecular complexity index is 1220. The fraction of sp³-hybridized carbons (Fsp3) is 0.333. The van der Waals surface area contributed by atoms with E-state index in [1.165, 1.54) is 23.3 Å². The highest BCUT2D eigenvalue weighted by atomic mass is 19.4. The van der Waals surface area contributed by atoms with Crippen LogP contribution in [0, 0.1) is 0 Å². The zero-order chi connectivity index (χ0) is 24.2. The van der Waals surface area contributed by atoms with Gasteiger partial charge in [-0.05, 0) is 29.8 Å². The number of carbonyl (C=O) groups excluding carboxylic acids is 1.